The van der Waals surface area contributed by atoms with E-state index in [1.54, 1.807) is 12.1 Å². The number of aliphatic hydroxyl groups is 1. The van der Waals surface area contributed by atoms with Crippen molar-refractivity contribution in [1.29, 1.82) is 0 Å². The molecule has 2 aromatic carbocycles. The van der Waals surface area contributed by atoms with E-state index in [-0.39, 0.29) is 35.1 Å². The van der Waals surface area contributed by atoms with Gasteiger partial charge < -0.3 is 14.9 Å². The molecule has 0 aromatic heterocycles. The lowest BCUT2D eigenvalue weighted by Gasteiger charge is -2.14. The molecule has 7 nitrogen and oxygen atoms in total. The van der Waals surface area contributed by atoms with Crippen molar-refractivity contribution in [3.63, 3.8) is 0 Å². The number of rotatable bonds is 9. The molecule has 0 fully saturated rings. The Morgan fingerprint density at radius 1 is 1.15 bits per heavy atom. The largest absolute Gasteiger partial charge is 0.491 e. The summed E-state index contributed by atoms with van der Waals surface area (Å²) in [5.41, 5.74) is 1.12. The average Bonchev–Trinajstić information content (AvgIpc) is 2.62. The number of aromatic carboxylic acids is 1. The topological polar surface area (TPSA) is 113 Å². The van der Waals surface area contributed by atoms with Crippen LogP contribution in [0.15, 0.2) is 47.4 Å². The Bertz CT molecular complexity index is 862. The minimum atomic E-state index is -3.85. The number of nitrogens with one attached hydrogen (secondary N) is 1. The fourth-order valence-electron chi connectivity index (χ4n) is 2.21. The summed E-state index contributed by atoms with van der Waals surface area (Å²) < 4.78 is 33.0. The third kappa shape index (κ3) is 4.96. The number of hydrogen-bond donors (Lipinski definition) is 3. The normalized spacial score (nSPS) is 11.2. The second-order valence-electron chi connectivity index (χ2n) is 5.54. The maximum absolute atomic E-state index is 12.6. The highest BCUT2D eigenvalue weighted by Crippen LogP contribution is 2.29. The van der Waals surface area contributed by atoms with Crippen LogP contribution in [0.5, 0.6) is 5.75 Å². The molecule has 0 bridgehead atoms. The summed E-state index contributed by atoms with van der Waals surface area (Å²) in [5, 5.41) is 17.9. The lowest BCUT2D eigenvalue weighted by atomic mass is 10.2. The molecule has 0 atom stereocenters. The van der Waals surface area contributed by atoms with Gasteiger partial charge in [-0.25, -0.2) is 13.2 Å². The van der Waals surface area contributed by atoms with E-state index in [1.165, 1.54) is 30.3 Å². The second kappa shape index (κ2) is 8.68. The van der Waals surface area contributed by atoms with E-state index in [9.17, 15) is 13.2 Å². The van der Waals surface area contributed by atoms with E-state index in [2.05, 4.69) is 4.72 Å². The highest BCUT2D eigenvalue weighted by molar-refractivity contribution is 7.92. The number of carbonyl (C=O) groups is 1. The van der Waals surface area contributed by atoms with E-state index in [0.717, 1.165) is 12.0 Å². The van der Waals surface area contributed by atoms with Crippen molar-refractivity contribution in [2.24, 2.45) is 0 Å². The Balaban J connectivity index is 2.31. The molecule has 26 heavy (non-hydrogen) atoms. The van der Waals surface area contributed by atoms with E-state index in [1.807, 2.05) is 6.92 Å². The molecule has 0 saturated carbocycles. The summed E-state index contributed by atoms with van der Waals surface area (Å²) in [6.07, 6.45) is 1.13. The van der Waals surface area contributed by atoms with Crippen molar-refractivity contribution in [2.75, 3.05) is 17.9 Å². The van der Waals surface area contributed by atoms with Gasteiger partial charge in [0.2, 0.25) is 0 Å². The van der Waals surface area contributed by atoms with Crippen LogP contribution in [-0.4, -0.2) is 37.8 Å². The third-order valence-electron chi connectivity index (χ3n) is 3.67. The van der Waals surface area contributed by atoms with Gasteiger partial charge in [-0.2, -0.15) is 0 Å². The van der Waals surface area contributed by atoms with E-state index < -0.39 is 16.0 Å². The van der Waals surface area contributed by atoms with Crippen molar-refractivity contribution in [3.8, 4) is 5.75 Å². The molecule has 0 radical (unpaired) electrons. The zero-order valence-electron chi connectivity index (χ0n) is 14.3. The van der Waals surface area contributed by atoms with Gasteiger partial charge in [-0.1, -0.05) is 19.1 Å². The lowest BCUT2D eigenvalue weighted by Crippen LogP contribution is -2.14. The molecule has 3 N–H and O–H groups in total. The van der Waals surface area contributed by atoms with Crippen molar-refractivity contribution in [2.45, 2.75) is 24.7 Å². The third-order valence-corrected chi connectivity index (χ3v) is 5.06. The van der Waals surface area contributed by atoms with Crippen molar-refractivity contribution in [1.82, 2.24) is 0 Å². The Labute approximate surface area is 152 Å². The number of benzene rings is 2. The monoisotopic (exact) mass is 379 g/mol. The van der Waals surface area contributed by atoms with E-state index >= 15 is 0 Å². The predicted octanol–water partition coefficient (Wildman–Crippen LogP) is 2.51. The minimum Gasteiger partial charge on any atom is -0.491 e. The minimum absolute atomic E-state index is 0.0285. The summed E-state index contributed by atoms with van der Waals surface area (Å²) >= 11 is 0. The van der Waals surface area contributed by atoms with Crippen molar-refractivity contribution < 1.29 is 28.2 Å². The van der Waals surface area contributed by atoms with Crippen molar-refractivity contribution >= 4 is 21.7 Å². The smallest absolute Gasteiger partial charge is 0.335 e. The van der Waals surface area contributed by atoms with Gasteiger partial charge in [0.05, 0.1) is 22.8 Å². The van der Waals surface area contributed by atoms with Gasteiger partial charge in [-0.05, 0) is 42.3 Å². The molecule has 0 aliphatic carbocycles. The molecule has 140 valence electrons. The van der Waals surface area contributed by atoms with Crippen LogP contribution in [0.25, 0.3) is 0 Å². The van der Waals surface area contributed by atoms with Gasteiger partial charge in [0, 0.05) is 13.0 Å². The van der Waals surface area contributed by atoms with Gasteiger partial charge in [-0.15, -0.1) is 0 Å². The Morgan fingerprint density at radius 3 is 2.42 bits per heavy atom. The Morgan fingerprint density at radius 2 is 1.85 bits per heavy atom. The maximum atomic E-state index is 12.6. The Hall–Kier alpha value is -2.58. The summed E-state index contributed by atoms with van der Waals surface area (Å²) in [4.78, 5) is 11.2. The number of anilines is 1. The molecule has 0 aliphatic heterocycles. The SMILES string of the molecule is CCc1ccc(S(=O)(=O)Nc2ccc(C(=O)O)cc2OCCCO)cc1. The average molecular weight is 379 g/mol. The molecule has 2 rings (SSSR count). The van der Waals surface area contributed by atoms with E-state index in [0.29, 0.717) is 6.42 Å². The molecule has 0 amide bonds. The number of aryl methyl sites for hydroxylation is 1. The fourth-order valence-corrected chi connectivity index (χ4v) is 3.28. The first-order chi connectivity index (χ1) is 12.4. The summed E-state index contributed by atoms with van der Waals surface area (Å²) in [7, 11) is -3.85. The van der Waals surface area contributed by atoms with Crippen LogP contribution < -0.4 is 9.46 Å². The van der Waals surface area contributed by atoms with Gasteiger partial charge in [-0.3, -0.25) is 4.72 Å². The number of carboxylic acid groups (broad SMARTS) is 1. The van der Waals surface area contributed by atoms with Gasteiger partial charge in [0.15, 0.2) is 0 Å². The molecule has 0 saturated heterocycles. The van der Waals surface area contributed by atoms with Crippen LogP contribution in [0.1, 0.15) is 29.3 Å². The highest BCUT2D eigenvalue weighted by atomic mass is 32.2. The van der Waals surface area contributed by atoms with Crippen LogP contribution in [0.2, 0.25) is 0 Å². The first kappa shape index (κ1) is 19.7. The van der Waals surface area contributed by atoms with E-state index in [4.69, 9.17) is 14.9 Å². The zero-order chi connectivity index (χ0) is 19.2. The number of ether oxygens (including phenoxy) is 1. The first-order valence-electron chi connectivity index (χ1n) is 8.10. The molecule has 2 aromatic rings. The molecule has 8 heteroatoms. The number of carboxylic acids is 1. The summed E-state index contributed by atoms with van der Waals surface area (Å²) in [5.74, 6) is -1.06. The number of sulfonamides is 1. The summed E-state index contributed by atoms with van der Waals surface area (Å²) in [6, 6.07) is 10.4. The zero-order valence-corrected chi connectivity index (χ0v) is 15.1. The molecular weight excluding hydrogens is 358 g/mol. The van der Waals surface area contributed by atoms with Gasteiger partial charge >= 0.3 is 5.97 Å². The molecule has 0 heterocycles. The fraction of sp³-hybridized carbons (Fsp3) is 0.278. The second-order valence-corrected chi connectivity index (χ2v) is 7.23. The van der Waals surface area contributed by atoms with Crippen LogP contribution in [0.4, 0.5) is 5.69 Å². The van der Waals surface area contributed by atoms with Gasteiger partial charge in [0.1, 0.15) is 5.75 Å². The molecule has 0 aliphatic rings. The number of aliphatic hydroxyl groups excluding tert-OH is 1. The summed E-state index contributed by atoms with van der Waals surface area (Å²) in [6.45, 7) is 2.00. The lowest BCUT2D eigenvalue weighted by molar-refractivity contribution is 0.0696. The van der Waals surface area contributed by atoms with Crippen LogP contribution in [0.3, 0.4) is 0 Å². The Kier molecular flexibility index (Phi) is 6.59. The quantitative estimate of drug-likeness (QED) is 0.577. The first-order valence-corrected chi connectivity index (χ1v) is 9.58. The molecular formula is C18H21NO6S. The maximum Gasteiger partial charge on any atom is 0.335 e. The molecule has 0 unspecified atom stereocenters. The number of hydrogen-bond acceptors (Lipinski definition) is 5. The van der Waals surface area contributed by atoms with Gasteiger partial charge in [0.25, 0.3) is 10.0 Å². The van der Waals surface area contributed by atoms with Crippen molar-refractivity contribution in [3.05, 3.63) is 53.6 Å². The molecule has 0 spiro atoms. The standard InChI is InChI=1S/C18H21NO6S/c1-2-13-4-7-15(8-5-13)26(23,24)19-16-9-6-14(18(21)22)12-17(16)25-11-3-10-20/h4-9,12,19-20H,2-3,10-11H2,1H3,(H,21,22). The predicted molar refractivity (Wildman–Crippen MR) is 97.2 cm³/mol. The van der Waals surface area contributed by atoms with Crippen LogP contribution in [0, 0.1) is 0 Å². The van der Waals surface area contributed by atoms with Crippen LogP contribution in [-0.2, 0) is 16.4 Å². The highest BCUT2D eigenvalue weighted by Gasteiger charge is 2.18. The van der Waals surface area contributed by atoms with Crippen LogP contribution >= 0.6 is 0 Å².